The first-order valence-corrected chi connectivity index (χ1v) is 12.0. The van der Waals surface area contributed by atoms with Gasteiger partial charge in [0.05, 0.1) is 22.7 Å². The average molecular weight is 455 g/mol. The average Bonchev–Trinajstić information content (AvgIpc) is 3.51. The Balaban J connectivity index is 1.62. The van der Waals surface area contributed by atoms with E-state index in [9.17, 15) is 0 Å². The van der Waals surface area contributed by atoms with E-state index in [0.717, 1.165) is 22.3 Å². The topological polar surface area (TPSA) is 72.9 Å². The lowest BCUT2D eigenvalue weighted by atomic mass is 10.2. The van der Waals surface area contributed by atoms with Crippen LogP contribution in [0.3, 0.4) is 0 Å². The fraction of sp³-hybridized carbons (Fsp3) is 0.364. The van der Waals surface area contributed by atoms with Gasteiger partial charge in [-0.25, -0.2) is 0 Å². The molecule has 0 saturated heterocycles. The summed E-state index contributed by atoms with van der Waals surface area (Å²) >= 11 is 3.18. The van der Waals surface area contributed by atoms with Crippen LogP contribution in [0.25, 0.3) is 10.8 Å². The van der Waals surface area contributed by atoms with Crippen LogP contribution >= 0.6 is 23.1 Å². The van der Waals surface area contributed by atoms with Crippen LogP contribution in [0.5, 0.6) is 0 Å². The van der Waals surface area contributed by atoms with Gasteiger partial charge in [-0.2, -0.15) is 0 Å². The molecule has 4 rings (SSSR count). The van der Waals surface area contributed by atoms with Crippen LogP contribution in [-0.2, 0) is 6.54 Å². The molecule has 0 aliphatic heterocycles. The molecule has 0 spiro atoms. The van der Waals surface area contributed by atoms with Crippen molar-refractivity contribution in [1.29, 1.82) is 0 Å². The van der Waals surface area contributed by atoms with Gasteiger partial charge in [-0.1, -0.05) is 55.1 Å². The van der Waals surface area contributed by atoms with Gasteiger partial charge in [0.25, 0.3) is 5.89 Å². The molecule has 0 aliphatic rings. The third-order valence-electron chi connectivity index (χ3n) is 5.04. The maximum absolute atomic E-state index is 5.94. The Morgan fingerprint density at radius 1 is 1.06 bits per heavy atom. The predicted molar refractivity (Wildman–Crippen MR) is 124 cm³/mol. The minimum absolute atomic E-state index is 0.0489. The minimum atomic E-state index is -0.0489. The van der Waals surface area contributed by atoms with Crippen molar-refractivity contribution in [3.63, 3.8) is 0 Å². The summed E-state index contributed by atoms with van der Waals surface area (Å²) in [5.41, 5.74) is 1.21. The highest BCUT2D eigenvalue weighted by atomic mass is 32.2. The first kappa shape index (κ1) is 21.7. The Labute approximate surface area is 190 Å². The summed E-state index contributed by atoms with van der Waals surface area (Å²) in [5.74, 6) is 2.11. The summed E-state index contributed by atoms with van der Waals surface area (Å²) in [4.78, 5) is 3.16. The van der Waals surface area contributed by atoms with E-state index in [4.69, 9.17) is 4.42 Å². The highest BCUT2D eigenvalue weighted by Gasteiger charge is 2.25. The van der Waals surface area contributed by atoms with E-state index >= 15 is 0 Å². The van der Waals surface area contributed by atoms with Crippen LogP contribution in [-0.4, -0.2) is 44.0 Å². The second kappa shape index (κ2) is 9.76. The summed E-state index contributed by atoms with van der Waals surface area (Å²) in [5, 5.41) is 20.4. The molecule has 0 amide bonds. The summed E-state index contributed by atoms with van der Waals surface area (Å²) in [6, 6.07) is 14.6. The third kappa shape index (κ3) is 4.89. The zero-order valence-corrected chi connectivity index (χ0v) is 19.7. The lowest BCUT2D eigenvalue weighted by Crippen LogP contribution is -2.23. The fourth-order valence-corrected chi connectivity index (χ4v) is 4.96. The van der Waals surface area contributed by atoms with Crippen LogP contribution in [0, 0.1) is 0 Å². The van der Waals surface area contributed by atoms with Gasteiger partial charge < -0.3 is 8.98 Å². The molecular weight excluding hydrogens is 428 g/mol. The van der Waals surface area contributed by atoms with Crippen molar-refractivity contribution in [2.75, 3.05) is 14.1 Å². The maximum atomic E-state index is 5.94. The van der Waals surface area contributed by atoms with Gasteiger partial charge in [0.1, 0.15) is 0 Å². The van der Waals surface area contributed by atoms with E-state index in [-0.39, 0.29) is 11.3 Å². The number of nitrogens with zero attached hydrogens (tertiary/aromatic N) is 6. The van der Waals surface area contributed by atoms with Crippen LogP contribution in [0.15, 0.2) is 57.4 Å². The Morgan fingerprint density at radius 2 is 1.87 bits per heavy atom. The van der Waals surface area contributed by atoms with E-state index in [1.807, 2.05) is 23.6 Å². The molecule has 0 unspecified atom stereocenters. The van der Waals surface area contributed by atoms with Crippen molar-refractivity contribution in [3.05, 3.63) is 65.1 Å². The fourth-order valence-electron chi connectivity index (χ4n) is 3.43. The number of benzene rings is 1. The highest BCUT2D eigenvalue weighted by molar-refractivity contribution is 7.99. The monoisotopic (exact) mass is 454 g/mol. The molecule has 0 fully saturated rings. The van der Waals surface area contributed by atoms with Crippen molar-refractivity contribution < 1.29 is 4.42 Å². The van der Waals surface area contributed by atoms with Crippen LogP contribution in [0.4, 0.5) is 0 Å². The van der Waals surface area contributed by atoms with Gasteiger partial charge in [-0.15, -0.1) is 31.7 Å². The lowest BCUT2D eigenvalue weighted by Gasteiger charge is -2.23. The number of thiophene rings is 1. The van der Waals surface area contributed by atoms with Crippen LogP contribution in [0.2, 0.25) is 0 Å². The summed E-state index contributed by atoms with van der Waals surface area (Å²) in [6.07, 6.45) is 0.952. The molecule has 7 nitrogen and oxygen atoms in total. The first-order valence-electron chi connectivity index (χ1n) is 10.2. The zero-order chi connectivity index (χ0) is 21.8. The summed E-state index contributed by atoms with van der Waals surface area (Å²) in [6.45, 7) is 4.94. The quantitative estimate of drug-likeness (QED) is 0.318. The van der Waals surface area contributed by atoms with Gasteiger partial charge in [-0.05, 0) is 44.4 Å². The number of thioether (sulfide) groups is 1. The second-order valence-electron chi connectivity index (χ2n) is 7.48. The molecule has 4 aromatic rings. The van der Waals surface area contributed by atoms with Crippen LogP contribution < -0.4 is 0 Å². The zero-order valence-electron chi connectivity index (χ0n) is 18.1. The molecule has 2 atom stereocenters. The smallest absolute Gasteiger partial charge is 0.257 e. The molecule has 31 heavy (non-hydrogen) atoms. The molecule has 0 saturated carbocycles. The van der Waals surface area contributed by atoms with Crippen molar-refractivity contribution in [2.45, 2.75) is 43.3 Å². The Bertz CT molecular complexity index is 1090. The van der Waals surface area contributed by atoms with Gasteiger partial charge in [0.15, 0.2) is 11.0 Å². The van der Waals surface area contributed by atoms with Crippen molar-refractivity contribution in [1.82, 2.24) is 29.9 Å². The van der Waals surface area contributed by atoms with Crippen molar-refractivity contribution in [2.24, 2.45) is 0 Å². The van der Waals surface area contributed by atoms with E-state index in [2.05, 4.69) is 82.1 Å². The number of hydrogen-bond donors (Lipinski definition) is 0. The molecule has 1 aromatic carbocycles. The molecule has 162 valence electrons. The van der Waals surface area contributed by atoms with Gasteiger partial charge in [0, 0.05) is 0 Å². The predicted octanol–water partition coefficient (Wildman–Crippen LogP) is 5.30. The molecule has 0 bridgehead atoms. The lowest BCUT2D eigenvalue weighted by molar-refractivity contribution is 0.272. The summed E-state index contributed by atoms with van der Waals surface area (Å²) in [7, 11) is 4.16. The van der Waals surface area contributed by atoms with Crippen molar-refractivity contribution >= 4 is 23.1 Å². The molecule has 9 heteroatoms. The van der Waals surface area contributed by atoms with Crippen LogP contribution in [0.1, 0.15) is 48.8 Å². The first-order chi connectivity index (χ1) is 15.1. The highest BCUT2D eigenvalue weighted by Crippen LogP contribution is 2.36. The van der Waals surface area contributed by atoms with Gasteiger partial charge in [-0.3, -0.25) is 4.90 Å². The van der Waals surface area contributed by atoms with E-state index in [1.165, 1.54) is 5.56 Å². The van der Waals surface area contributed by atoms with Gasteiger partial charge >= 0.3 is 0 Å². The Hall–Kier alpha value is -2.49. The van der Waals surface area contributed by atoms with Gasteiger partial charge in [0.2, 0.25) is 5.89 Å². The summed E-state index contributed by atoms with van der Waals surface area (Å²) < 4.78 is 8.15. The molecule has 3 aromatic heterocycles. The minimum Gasteiger partial charge on any atom is -0.419 e. The number of rotatable bonds is 9. The van der Waals surface area contributed by atoms with Crippen molar-refractivity contribution in [3.8, 4) is 10.8 Å². The Kier molecular flexibility index (Phi) is 6.84. The second-order valence-corrected chi connectivity index (χ2v) is 9.74. The molecule has 0 radical (unpaired) electrons. The van der Waals surface area contributed by atoms with E-state index < -0.39 is 0 Å². The largest absolute Gasteiger partial charge is 0.419 e. The van der Waals surface area contributed by atoms with E-state index in [1.54, 1.807) is 23.1 Å². The SMILES string of the molecule is CC[C@H](c1nnc(S[C@H](C)c2nnc(-c3cccs3)o2)n1Cc1ccccc1)N(C)C. The third-order valence-corrected chi connectivity index (χ3v) is 6.97. The Morgan fingerprint density at radius 3 is 2.55 bits per heavy atom. The normalized spacial score (nSPS) is 13.6. The standard InChI is InChI=1S/C22H26N6OS2/c1-5-17(27(3)4)19-23-26-22(28(19)14-16-10-7-6-8-11-16)31-15(2)20-24-25-21(29-20)18-12-9-13-30-18/h6-13,15,17H,5,14H2,1-4H3/t15-,17-/m1/s1. The molecule has 3 heterocycles. The molecular formula is C22H26N6OS2. The molecule has 0 aliphatic carbocycles. The molecule has 0 N–H and O–H groups in total. The van der Waals surface area contributed by atoms with E-state index in [0.29, 0.717) is 18.3 Å². The number of hydrogen-bond acceptors (Lipinski definition) is 8. The maximum Gasteiger partial charge on any atom is 0.257 e. The number of aromatic nitrogens is 5.